The summed E-state index contributed by atoms with van der Waals surface area (Å²) in [5.41, 5.74) is 0. The van der Waals surface area contributed by atoms with E-state index in [1.165, 1.54) is 33.3 Å². The zero-order valence-corrected chi connectivity index (χ0v) is 56.2. The van der Waals surface area contributed by atoms with Crippen molar-refractivity contribution in [3.63, 3.8) is 0 Å². The largest absolute Gasteiger partial charge is 0.470 e. The van der Waals surface area contributed by atoms with E-state index < -0.39 is 198 Å². The quantitative estimate of drug-likeness (QED) is 0.0204. The van der Waals surface area contributed by atoms with Crippen LogP contribution >= 0.6 is 54.8 Å². The third-order valence-electron chi connectivity index (χ3n) is 13.4. The van der Waals surface area contributed by atoms with Crippen LogP contribution in [-0.4, -0.2) is 332 Å². The second-order valence-corrected chi connectivity index (χ2v) is 27.7. The highest BCUT2D eigenvalue weighted by molar-refractivity contribution is 7.48. The van der Waals surface area contributed by atoms with Gasteiger partial charge in [0.05, 0.1) is 72.7 Å². The molecule has 44 nitrogen and oxygen atoms in total. The molecule has 0 heterocycles. The Labute approximate surface area is 520 Å². The maximum Gasteiger partial charge on any atom is 0.470 e. The molecule has 91 heavy (non-hydrogen) atoms. The van der Waals surface area contributed by atoms with E-state index in [1.54, 1.807) is 0 Å². The van der Waals surface area contributed by atoms with E-state index in [-0.39, 0.29) is 59.4 Å². The van der Waals surface area contributed by atoms with Gasteiger partial charge in [0.2, 0.25) is 0 Å². The monoisotopic (exact) mass is 1480 g/mol. The number of ether oxygens (including phenoxy) is 15. The van der Waals surface area contributed by atoms with Crippen molar-refractivity contribution < 1.29 is 203 Å². The van der Waals surface area contributed by atoms with Crippen molar-refractivity contribution in [1.29, 1.82) is 0 Å². The molecular weight excluding hydrogens is 1400 g/mol. The summed E-state index contributed by atoms with van der Waals surface area (Å²) in [5.74, 6) is 0. The Morgan fingerprint density at radius 2 is 0.396 bits per heavy atom. The summed E-state index contributed by atoms with van der Waals surface area (Å²) in [7, 11) is -31.2. The topological polar surface area (TPSA) is 609 Å². The number of nitrogens with zero attached hydrogens (tertiary/aromatic N) is 1. The molecule has 3 rings (SSSR count). The molecule has 0 radical (unpaired) electrons. The van der Waals surface area contributed by atoms with Gasteiger partial charge in [0.1, 0.15) is 110 Å². The van der Waals surface area contributed by atoms with Gasteiger partial charge in [-0.2, -0.15) is 0 Å². The minimum atomic E-state index is -5.83. The SMILES string of the molecule is COCCOCCO[C@@H]1C(OP(=O)(O)O)[C@H](OCCOCCOC)[C@@H](OC)C(OCCN(CCOC2[C@@H](OC)[C@H](OP(=O)(O)O)C(OP(=O)(O)O)[C@H](OP(=O)(O)O)[C@H]2OC)CCO[C@H]2[C@@H](OP(=O)(O)O)[C@H](OC)[C@@H](OC)[C@H](OP(=O)(O)O)[C@H]2OP(=O)(O)O)[C@H]1OC. The molecule has 4 unspecified atom stereocenters. The molecule has 0 aromatic carbocycles. The molecule has 0 aliphatic heterocycles. The molecule has 0 saturated heterocycles. The van der Waals surface area contributed by atoms with Crippen LogP contribution in [0.1, 0.15) is 0 Å². The third-order valence-corrected chi connectivity index (χ3v) is 17.0. The van der Waals surface area contributed by atoms with Crippen LogP contribution in [0.3, 0.4) is 0 Å². The fourth-order valence-electron chi connectivity index (χ4n) is 10.1. The lowest BCUT2D eigenvalue weighted by molar-refractivity contribution is -0.265. The molecule has 3 saturated carbocycles. The summed E-state index contributed by atoms with van der Waals surface area (Å²) >= 11 is 0. The van der Waals surface area contributed by atoms with Crippen LogP contribution in [0.25, 0.3) is 0 Å². The fourth-order valence-corrected chi connectivity index (χ4v) is 14.0. The Kier molecular flexibility index (Phi) is 36.8. The van der Waals surface area contributed by atoms with E-state index in [0.29, 0.717) is 0 Å². The number of hydrogen-bond acceptors (Lipinski definition) is 30. The van der Waals surface area contributed by atoms with Gasteiger partial charge in [-0.15, -0.1) is 0 Å². The number of phosphoric ester groups is 7. The smallest absolute Gasteiger partial charge is 0.382 e. The van der Waals surface area contributed by atoms with Crippen LogP contribution in [0.15, 0.2) is 0 Å². The first-order chi connectivity index (χ1) is 42.2. The van der Waals surface area contributed by atoms with Crippen molar-refractivity contribution in [1.82, 2.24) is 4.90 Å². The number of rotatable bonds is 46. The zero-order chi connectivity index (χ0) is 68.9. The van der Waals surface area contributed by atoms with E-state index in [4.69, 9.17) is 103 Å². The van der Waals surface area contributed by atoms with Gasteiger partial charge in [-0.05, 0) is 0 Å². The predicted octanol–water partition coefficient (Wildman–Crippen LogP) is -3.98. The molecule has 3 fully saturated rings. The van der Waals surface area contributed by atoms with Crippen molar-refractivity contribution in [2.24, 2.45) is 0 Å². The highest BCUT2D eigenvalue weighted by atomic mass is 31.2. The Balaban J connectivity index is 2.24. The highest BCUT2D eigenvalue weighted by Crippen LogP contribution is 2.53. The normalized spacial score (nSPS) is 31.0. The Morgan fingerprint density at radius 3 is 0.637 bits per heavy atom. The molecule has 0 aromatic heterocycles. The molecule has 14 N–H and O–H groups in total. The standard InChI is InChI=1S/C40H84NO43P7/c1-63-15-17-71-19-21-76-31-25(67-5)29(26(68-6)32(38(31)82-89(54,55)56)77-22-20-72-18-16-64-2)73-12-9-41(10-13-74-30-27(69-7)36(80-87(48,49)50)40(84-91(60,61)62)37(28(30)70-8)81-88(51,52)53)11-14-75-33-34(78-85(42,43)44)23(65-3)24(66-4)35(79-86(45,46)47)39(33)83-90(57,58)59/h23-40H,9-22H2,1-8H3,(H2,42,43,44)(H2,45,46,47)(H2,48,49,50)(H2,51,52,53)(H2,54,55,56)(H2,57,58,59)(H2,60,61,62)/t23-,24-,25-,26+,27-,28+,29?,30?,31+,32-,33+,34+,35+,36+,37-,38?,39+,40?/m1/s1. The van der Waals surface area contributed by atoms with E-state index in [2.05, 4.69) is 0 Å². The van der Waals surface area contributed by atoms with Gasteiger partial charge in [0.15, 0.2) is 0 Å². The van der Waals surface area contributed by atoms with Crippen LogP contribution in [0.4, 0.5) is 0 Å². The maximum atomic E-state index is 12.6. The van der Waals surface area contributed by atoms with E-state index in [1.807, 2.05) is 0 Å². The molecule has 0 amide bonds. The maximum absolute atomic E-state index is 12.6. The van der Waals surface area contributed by atoms with E-state index in [9.17, 15) is 100 Å². The number of phosphoric acid groups is 7. The summed E-state index contributed by atoms with van der Waals surface area (Å²) in [5, 5.41) is 0. The molecular formula is C40H84NO43P7. The van der Waals surface area contributed by atoms with Crippen LogP contribution in [0.5, 0.6) is 0 Å². The number of methoxy groups -OCH3 is 8. The van der Waals surface area contributed by atoms with E-state index in [0.717, 1.165) is 28.4 Å². The molecule has 0 bridgehead atoms. The zero-order valence-electron chi connectivity index (χ0n) is 50.0. The summed E-state index contributed by atoms with van der Waals surface area (Å²) < 4.78 is 207. The third kappa shape index (κ3) is 29.9. The van der Waals surface area contributed by atoms with Crippen molar-refractivity contribution in [3.8, 4) is 0 Å². The second kappa shape index (κ2) is 39.2. The summed E-state index contributed by atoms with van der Waals surface area (Å²) in [6, 6.07) is 0. The van der Waals surface area contributed by atoms with Crippen LogP contribution < -0.4 is 0 Å². The van der Waals surface area contributed by atoms with Crippen molar-refractivity contribution in [2.45, 2.75) is 110 Å². The summed E-state index contributed by atoms with van der Waals surface area (Å²) in [6.07, 6.45) is -34.9. The highest BCUT2D eigenvalue weighted by Gasteiger charge is 2.61. The van der Waals surface area contributed by atoms with Crippen molar-refractivity contribution in [2.75, 3.05) is 149 Å². The van der Waals surface area contributed by atoms with Crippen LogP contribution in [0, 0.1) is 0 Å². The lowest BCUT2D eigenvalue weighted by Gasteiger charge is -2.49. The average Bonchev–Trinajstić information content (AvgIpc) is 0.780. The first-order valence-electron chi connectivity index (χ1n) is 26.5. The Hall–Kier alpha value is 0.130. The Bertz CT molecular complexity index is 2370. The van der Waals surface area contributed by atoms with Gasteiger partial charge in [-0.1, -0.05) is 0 Å². The lowest BCUT2D eigenvalue weighted by Crippen LogP contribution is -2.67. The van der Waals surface area contributed by atoms with Crippen molar-refractivity contribution in [3.05, 3.63) is 0 Å². The van der Waals surface area contributed by atoms with E-state index >= 15 is 0 Å². The minimum absolute atomic E-state index is 0.0979. The number of hydrogen-bond donors (Lipinski definition) is 14. The van der Waals surface area contributed by atoms with Crippen LogP contribution in [0.2, 0.25) is 0 Å². The second-order valence-electron chi connectivity index (χ2n) is 19.4. The van der Waals surface area contributed by atoms with Gasteiger partial charge >= 0.3 is 54.8 Å². The molecule has 51 heteroatoms. The Morgan fingerprint density at radius 1 is 0.231 bits per heavy atom. The van der Waals surface area contributed by atoms with Crippen molar-refractivity contribution >= 4 is 54.8 Å². The van der Waals surface area contributed by atoms with Gasteiger partial charge in [0.25, 0.3) is 0 Å². The summed E-state index contributed by atoms with van der Waals surface area (Å²) in [4.78, 5) is 141. The van der Waals surface area contributed by atoms with Gasteiger partial charge < -0.3 is 140 Å². The molecule has 542 valence electrons. The first-order valence-corrected chi connectivity index (χ1v) is 37.2. The van der Waals surface area contributed by atoms with Gasteiger partial charge in [-0.3, -0.25) is 36.6 Å². The predicted molar refractivity (Wildman–Crippen MR) is 294 cm³/mol. The average molecular weight is 1480 g/mol. The lowest BCUT2D eigenvalue weighted by atomic mass is 9.84. The fraction of sp³-hybridized carbons (Fsp3) is 1.00. The van der Waals surface area contributed by atoms with Gasteiger partial charge in [0, 0.05) is 76.5 Å². The minimum Gasteiger partial charge on any atom is -0.382 e. The molecule has 0 aromatic rings. The van der Waals surface area contributed by atoms with Crippen LogP contribution in [-0.2, 0) is 135 Å². The molecule has 0 spiro atoms. The molecule has 3 aliphatic rings. The van der Waals surface area contributed by atoms with Gasteiger partial charge in [-0.25, -0.2) is 32.0 Å². The molecule has 18 atom stereocenters. The first kappa shape index (κ1) is 85.4. The summed E-state index contributed by atoms with van der Waals surface area (Å²) in [6.45, 7) is -3.44. The molecule has 3 aliphatic carbocycles.